The number of rotatable bonds is 7. The molecular weight excluding hydrogens is 318 g/mol. The summed E-state index contributed by atoms with van der Waals surface area (Å²) in [6.07, 6.45) is 0.387. The number of ether oxygens (including phenoxy) is 3. The molecule has 132 valence electrons. The summed E-state index contributed by atoms with van der Waals surface area (Å²) < 4.78 is 14.7. The largest absolute Gasteiger partial charge is 0.508 e. The fourth-order valence-corrected chi connectivity index (χ4v) is 3.15. The molecule has 0 bridgehead atoms. The molecule has 2 aliphatic heterocycles. The van der Waals surface area contributed by atoms with Gasteiger partial charge in [0.25, 0.3) is 0 Å². The first-order chi connectivity index (χ1) is 11.4. The van der Waals surface area contributed by atoms with E-state index in [0.29, 0.717) is 0 Å². The Balaban J connectivity index is 1.97. The smallest absolute Gasteiger partial charge is 0.460 e. The van der Waals surface area contributed by atoms with Crippen LogP contribution in [0, 0.1) is 5.92 Å². The second-order valence-electron chi connectivity index (χ2n) is 5.68. The number of hydrogen-bond acceptors (Lipinski definition) is 7. The van der Waals surface area contributed by atoms with Crippen molar-refractivity contribution in [2.75, 3.05) is 13.2 Å². The van der Waals surface area contributed by atoms with E-state index in [1.54, 1.807) is 6.92 Å². The minimum atomic E-state index is -1.03. The highest BCUT2D eigenvalue weighted by molar-refractivity contribution is 5.93. The van der Waals surface area contributed by atoms with E-state index in [4.69, 9.17) is 14.2 Å². The highest BCUT2D eigenvalue weighted by atomic mass is 16.7. The van der Waals surface area contributed by atoms with Gasteiger partial charge in [-0.3, -0.25) is 4.79 Å². The molecule has 2 heterocycles. The molecule has 3 unspecified atom stereocenters. The Kier molecular flexibility index (Phi) is 5.61. The molecule has 1 amide bonds. The van der Waals surface area contributed by atoms with Gasteiger partial charge < -0.3 is 24.2 Å². The van der Waals surface area contributed by atoms with Crippen LogP contribution in [0.3, 0.4) is 0 Å². The highest BCUT2D eigenvalue weighted by Gasteiger charge is 2.62. The van der Waals surface area contributed by atoms with Gasteiger partial charge in [-0.15, -0.1) is 0 Å². The predicted molar refractivity (Wildman–Crippen MR) is 81.8 cm³/mol. The Labute approximate surface area is 139 Å². The molecule has 5 atom stereocenters. The van der Waals surface area contributed by atoms with Crippen molar-refractivity contribution >= 4 is 18.0 Å². The van der Waals surface area contributed by atoms with E-state index in [2.05, 4.69) is 13.2 Å². The third-order valence-corrected chi connectivity index (χ3v) is 4.15. The Morgan fingerprint density at radius 1 is 1.33 bits per heavy atom. The second-order valence-corrected chi connectivity index (χ2v) is 5.68. The second kappa shape index (κ2) is 7.48. The van der Waals surface area contributed by atoms with E-state index in [1.807, 2.05) is 0 Å². The zero-order chi connectivity index (χ0) is 17.9. The van der Waals surface area contributed by atoms with E-state index in [0.717, 1.165) is 0 Å². The van der Waals surface area contributed by atoms with Gasteiger partial charge in [0.1, 0.15) is 19.3 Å². The highest BCUT2D eigenvalue weighted by Crippen LogP contribution is 2.42. The lowest BCUT2D eigenvalue weighted by atomic mass is 9.84. The number of fused-ring (bicyclic) bond motifs is 1. The van der Waals surface area contributed by atoms with Crippen molar-refractivity contribution in [2.24, 2.45) is 5.92 Å². The van der Waals surface area contributed by atoms with Crippen LogP contribution in [-0.4, -0.2) is 65.5 Å². The Hall–Kier alpha value is -2.35. The van der Waals surface area contributed by atoms with Crippen LogP contribution < -0.4 is 0 Å². The summed E-state index contributed by atoms with van der Waals surface area (Å²) in [5.74, 6) is -1.65. The van der Waals surface area contributed by atoms with Crippen LogP contribution >= 0.6 is 0 Å². The van der Waals surface area contributed by atoms with Gasteiger partial charge in [-0.1, -0.05) is 25.3 Å². The summed E-state index contributed by atoms with van der Waals surface area (Å²) in [4.78, 5) is 37.1. The first kappa shape index (κ1) is 18.0. The van der Waals surface area contributed by atoms with E-state index in [1.165, 1.54) is 17.1 Å². The number of nitrogens with zero attached hydrogens (tertiary/aromatic N) is 1. The van der Waals surface area contributed by atoms with Crippen molar-refractivity contribution in [2.45, 2.75) is 37.6 Å². The molecule has 2 rings (SSSR count). The van der Waals surface area contributed by atoms with Crippen molar-refractivity contribution in [3.8, 4) is 0 Å². The first-order valence-corrected chi connectivity index (χ1v) is 7.64. The Morgan fingerprint density at radius 3 is 2.58 bits per heavy atom. The zero-order valence-electron chi connectivity index (χ0n) is 13.4. The van der Waals surface area contributed by atoms with Crippen LogP contribution in [-0.2, 0) is 23.8 Å². The van der Waals surface area contributed by atoms with Crippen LogP contribution in [0.4, 0.5) is 4.79 Å². The molecule has 0 saturated carbocycles. The maximum atomic E-state index is 12.4. The zero-order valence-corrected chi connectivity index (χ0v) is 13.4. The number of amides is 1. The van der Waals surface area contributed by atoms with Gasteiger partial charge in [0.05, 0.1) is 18.1 Å². The molecule has 0 spiro atoms. The number of aliphatic hydroxyl groups excluding tert-OH is 1. The van der Waals surface area contributed by atoms with Crippen LogP contribution in [0.15, 0.2) is 25.3 Å². The lowest BCUT2D eigenvalue weighted by molar-refractivity contribution is -0.173. The Morgan fingerprint density at radius 2 is 1.96 bits per heavy atom. The van der Waals surface area contributed by atoms with Crippen molar-refractivity contribution in [1.29, 1.82) is 0 Å². The normalized spacial score (nSPS) is 29.1. The molecule has 2 saturated heterocycles. The average molecular weight is 339 g/mol. The molecule has 0 aromatic carbocycles. The van der Waals surface area contributed by atoms with Crippen molar-refractivity contribution in [3.05, 3.63) is 25.3 Å². The van der Waals surface area contributed by atoms with E-state index in [9.17, 15) is 19.5 Å². The molecule has 2 aliphatic rings. The van der Waals surface area contributed by atoms with Crippen molar-refractivity contribution in [1.82, 2.24) is 4.90 Å². The summed E-state index contributed by atoms with van der Waals surface area (Å²) in [5.41, 5.74) is 0. The van der Waals surface area contributed by atoms with Crippen LogP contribution in [0.2, 0.25) is 0 Å². The van der Waals surface area contributed by atoms with Crippen molar-refractivity contribution < 1.29 is 33.7 Å². The third-order valence-electron chi connectivity index (χ3n) is 4.15. The number of carbonyl (C=O) groups is 3. The molecule has 0 aliphatic carbocycles. The standard InChI is InChI=1S/C16H21NO7/c1-4-6-22-15(20)13-11(18)8-10-12(14(19)17(10)13)9(3)24-16(21)23-7-5-2/h4-5,9-13,18H,1-2,6-8H2,3H3/t9?,10-,11?,12-,13?/m1/s1. The predicted octanol–water partition coefficient (Wildman–Crippen LogP) is 0.403. The molecule has 2 fully saturated rings. The molecule has 24 heavy (non-hydrogen) atoms. The summed E-state index contributed by atoms with van der Waals surface area (Å²) in [6.45, 7) is 8.44. The number of aliphatic hydroxyl groups is 1. The molecule has 0 radical (unpaired) electrons. The summed E-state index contributed by atoms with van der Waals surface area (Å²) in [5, 5.41) is 10.1. The van der Waals surface area contributed by atoms with Gasteiger partial charge in [0, 0.05) is 0 Å². The monoisotopic (exact) mass is 339 g/mol. The van der Waals surface area contributed by atoms with Gasteiger partial charge in [-0.25, -0.2) is 9.59 Å². The van der Waals surface area contributed by atoms with Crippen LogP contribution in [0.25, 0.3) is 0 Å². The fraction of sp³-hybridized carbons (Fsp3) is 0.562. The van der Waals surface area contributed by atoms with E-state index >= 15 is 0 Å². The molecule has 8 heteroatoms. The summed E-state index contributed by atoms with van der Waals surface area (Å²) in [7, 11) is 0. The molecular formula is C16H21NO7. The van der Waals surface area contributed by atoms with E-state index < -0.39 is 36.3 Å². The lowest BCUT2D eigenvalue weighted by Gasteiger charge is -2.46. The maximum absolute atomic E-state index is 12.4. The average Bonchev–Trinajstić information content (AvgIpc) is 2.83. The van der Waals surface area contributed by atoms with Gasteiger partial charge in [0.15, 0.2) is 6.04 Å². The van der Waals surface area contributed by atoms with Gasteiger partial charge in [-0.05, 0) is 13.3 Å². The molecule has 1 N–H and O–H groups in total. The van der Waals surface area contributed by atoms with Crippen LogP contribution in [0.1, 0.15) is 13.3 Å². The third kappa shape index (κ3) is 3.28. The number of esters is 1. The SMILES string of the molecule is C=CCOC(=O)OC(C)[C@H]1C(=O)N2C(C(=O)OCC=C)C(O)C[C@H]12. The van der Waals surface area contributed by atoms with Gasteiger partial charge in [-0.2, -0.15) is 0 Å². The van der Waals surface area contributed by atoms with E-state index in [-0.39, 0.29) is 31.6 Å². The van der Waals surface area contributed by atoms with Gasteiger partial charge >= 0.3 is 12.1 Å². The minimum Gasteiger partial charge on any atom is -0.460 e. The summed E-state index contributed by atoms with van der Waals surface area (Å²) >= 11 is 0. The molecule has 0 aromatic rings. The molecule has 0 aromatic heterocycles. The number of carbonyl (C=O) groups excluding carboxylic acids is 3. The van der Waals surface area contributed by atoms with Crippen LogP contribution in [0.5, 0.6) is 0 Å². The topological polar surface area (TPSA) is 102 Å². The maximum Gasteiger partial charge on any atom is 0.508 e. The first-order valence-electron chi connectivity index (χ1n) is 7.64. The number of β-lactam (4-membered cyclic amide) rings is 1. The molecule has 8 nitrogen and oxygen atoms in total. The minimum absolute atomic E-state index is 0.00678. The quantitative estimate of drug-likeness (QED) is 0.407. The summed E-state index contributed by atoms with van der Waals surface area (Å²) in [6, 6.07) is -1.41. The number of hydrogen-bond donors (Lipinski definition) is 1. The van der Waals surface area contributed by atoms with Crippen molar-refractivity contribution in [3.63, 3.8) is 0 Å². The fourth-order valence-electron chi connectivity index (χ4n) is 3.15. The Bertz CT molecular complexity index is 547. The van der Waals surface area contributed by atoms with Gasteiger partial charge in [0.2, 0.25) is 5.91 Å². The lowest BCUT2D eigenvalue weighted by Crippen LogP contribution is -2.65.